The van der Waals surface area contributed by atoms with E-state index in [-0.39, 0.29) is 11.9 Å². The van der Waals surface area contributed by atoms with Crippen molar-refractivity contribution in [3.63, 3.8) is 0 Å². The molecule has 0 unspecified atom stereocenters. The quantitative estimate of drug-likeness (QED) is 0.943. The number of carbonyl (C=O) groups excluding carboxylic acids is 1. The van der Waals surface area contributed by atoms with E-state index < -0.39 is 0 Å². The van der Waals surface area contributed by atoms with Crippen LogP contribution in [-0.4, -0.2) is 26.9 Å². The molecule has 1 saturated carbocycles. The topological polar surface area (TPSA) is 59.8 Å². The Labute approximate surface area is 124 Å². The van der Waals surface area contributed by atoms with Crippen molar-refractivity contribution in [3.05, 3.63) is 23.8 Å². The minimum atomic E-state index is 0.00268. The zero-order valence-electron chi connectivity index (χ0n) is 12.7. The average molecular weight is 286 g/mol. The molecule has 0 bridgehead atoms. The molecule has 1 aromatic heterocycles. The van der Waals surface area contributed by atoms with E-state index >= 15 is 0 Å². The molecule has 1 amide bonds. The van der Waals surface area contributed by atoms with Crippen molar-refractivity contribution in [1.82, 2.24) is 20.3 Å². The van der Waals surface area contributed by atoms with E-state index in [9.17, 15) is 4.79 Å². The van der Waals surface area contributed by atoms with Gasteiger partial charge >= 0.3 is 0 Å². The maximum absolute atomic E-state index is 12.3. The fourth-order valence-electron chi connectivity index (χ4n) is 2.98. The zero-order valence-corrected chi connectivity index (χ0v) is 12.7. The number of amides is 1. The van der Waals surface area contributed by atoms with Gasteiger partial charge in [-0.15, -0.1) is 5.10 Å². The Balaban J connectivity index is 1.78. The lowest BCUT2D eigenvalue weighted by molar-refractivity contribution is 0.0928. The lowest BCUT2D eigenvalue weighted by atomic mass is 9.95. The lowest BCUT2D eigenvalue weighted by Crippen LogP contribution is -2.36. The highest BCUT2D eigenvalue weighted by atomic mass is 16.1. The summed E-state index contributed by atoms with van der Waals surface area (Å²) in [5.41, 5.74) is 2.42. The molecule has 0 aliphatic heterocycles. The molecular weight excluding hydrogens is 264 g/mol. The maximum Gasteiger partial charge on any atom is 0.251 e. The summed E-state index contributed by atoms with van der Waals surface area (Å²) >= 11 is 0. The van der Waals surface area contributed by atoms with Gasteiger partial charge < -0.3 is 5.32 Å². The number of carbonyl (C=O) groups is 1. The first kappa shape index (κ1) is 14.0. The summed E-state index contributed by atoms with van der Waals surface area (Å²) < 4.78 is 1.87. The van der Waals surface area contributed by atoms with Crippen LogP contribution in [0.2, 0.25) is 0 Å². The highest BCUT2D eigenvalue weighted by Gasteiger charge is 2.17. The number of aromatic nitrogens is 3. The monoisotopic (exact) mass is 286 g/mol. The molecule has 21 heavy (non-hydrogen) atoms. The van der Waals surface area contributed by atoms with E-state index in [1.165, 1.54) is 19.3 Å². The molecule has 1 aliphatic rings. The Hall–Kier alpha value is -1.91. The number of nitrogens with one attached hydrogen (secondary N) is 1. The van der Waals surface area contributed by atoms with E-state index in [1.807, 2.05) is 22.9 Å². The summed E-state index contributed by atoms with van der Waals surface area (Å²) in [6.45, 7) is 4.13. The maximum atomic E-state index is 12.3. The number of rotatable bonds is 3. The standard InChI is InChI=1S/C16H22N4O/c1-11(2)20-15-9-8-12(10-14(15)18-19-20)16(21)17-13-6-4-3-5-7-13/h8-11,13H,3-7H2,1-2H3,(H,17,21). The minimum absolute atomic E-state index is 0.00268. The van der Waals surface area contributed by atoms with Crippen LogP contribution in [0.4, 0.5) is 0 Å². The Bertz CT molecular complexity index is 641. The molecule has 0 saturated heterocycles. The molecule has 0 atom stereocenters. The number of nitrogens with zero attached hydrogens (tertiary/aromatic N) is 3. The third-order valence-electron chi connectivity index (χ3n) is 4.16. The Morgan fingerprint density at radius 3 is 2.76 bits per heavy atom. The molecule has 5 nitrogen and oxygen atoms in total. The van der Waals surface area contributed by atoms with E-state index in [4.69, 9.17) is 0 Å². The van der Waals surface area contributed by atoms with Gasteiger partial charge in [-0.1, -0.05) is 24.5 Å². The van der Waals surface area contributed by atoms with Gasteiger partial charge in [-0.05, 0) is 44.9 Å². The predicted molar refractivity (Wildman–Crippen MR) is 82.3 cm³/mol. The summed E-state index contributed by atoms with van der Waals surface area (Å²) in [6, 6.07) is 6.22. The van der Waals surface area contributed by atoms with Gasteiger partial charge in [-0.3, -0.25) is 4.79 Å². The summed E-state index contributed by atoms with van der Waals surface area (Å²) in [5.74, 6) is 0.00268. The van der Waals surface area contributed by atoms with E-state index in [0.717, 1.165) is 23.9 Å². The number of benzene rings is 1. The summed E-state index contributed by atoms with van der Waals surface area (Å²) in [5, 5.41) is 11.4. The fourth-order valence-corrected chi connectivity index (χ4v) is 2.98. The molecule has 1 fully saturated rings. The summed E-state index contributed by atoms with van der Waals surface area (Å²) in [6.07, 6.45) is 5.91. The van der Waals surface area contributed by atoms with Gasteiger partial charge in [0, 0.05) is 17.6 Å². The molecule has 1 aliphatic carbocycles. The summed E-state index contributed by atoms with van der Waals surface area (Å²) in [4.78, 5) is 12.3. The molecule has 1 aromatic carbocycles. The Kier molecular flexibility index (Phi) is 3.90. The van der Waals surface area contributed by atoms with Gasteiger partial charge in [0.1, 0.15) is 5.52 Å². The highest BCUT2D eigenvalue weighted by molar-refractivity contribution is 5.97. The van der Waals surface area contributed by atoms with Gasteiger partial charge in [0.05, 0.1) is 5.52 Å². The summed E-state index contributed by atoms with van der Waals surface area (Å²) in [7, 11) is 0. The second-order valence-corrected chi connectivity index (χ2v) is 6.14. The molecule has 1 heterocycles. The molecule has 0 radical (unpaired) electrons. The second-order valence-electron chi connectivity index (χ2n) is 6.14. The van der Waals surface area contributed by atoms with Crippen molar-refractivity contribution < 1.29 is 4.79 Å². The van der Waals surface area contributed by atoms with Crippen molar-refractivity contribution in [2.24, 2.45) is 0 Å². The van der Waals surface area contributed by atoms with Crippen LogP contribution in [0.15, 0.2) is 18.2 Å². The first-order chi connectivity index (χ1) is 10.1. The number of hydrogen-bond donors (Lipinski definition) is 1. The molecule has 1 N–H and O–H groups in total. The second kappa shape index (κ2) is 5.84. The molecule has 112 valence electrons. The molecular formula is C16H22N4O. The Morgan fingerprint density at radius 1 is 1.29 bits per heavy atom. The van der Waals surface area contributed by atoms with Gasteiger partial charge in [-0.25, -0.2) is 4.68 Å². The minimum Gasteiger partial charge on any atom is -0.349 e. The lowest BCUT2D eigenvalue weighted by Gasteiger charge is -2.22. The molecule has 5 heteroatoms. The van der Waals surface area contributed by atoms with E-state index in [0.29, 0.717) is 11.6 Å². The first-order valence-corrected chi connectivity index (χ1v) is 7.81. The van der Waals surface area contributed by atoms with Crippen molar-refractivity contribution in [3.8, 4) is 0 Å². The van der Waals surface area contributed by atoms with E-state index in [2.05, 4.69) is 29.5 Å². The van der Waals surface area contributed by atoms with Crippen molar-refractivity contribution in [2.75, 3.05) is 0 Å². The van der Waals surface area contributed by atoms with E-state index in [1.54, 1.807) is 0 Å². The van der Waals surface area contributed by atoms with Gasteiger partial charge in [0.2, 0.25) is 0 Å². The normalized spacial score (nSPS) is 16.5. The average Bonchev–Trinajstić information content (AvgIpc) is 2.91. The first-order valence-electron chi connectivity index (χ1n) is 7.81. The zero-order chi connectivity index (χ0) is 14.8. The van der Waals surface area contributed by atoms with Crippen LogP contribution in [0.3, 0.4) is 0 Å². The van der Waals surface area contributed by atoms with Gasteiger partial charge in [-0.2, -0.15) is 0 Å². The smallest absolute Gasteiger partial charge is 0.251 e. The number of fused-ring (bicyclic) bond motifs is 1. The third kappa shape index (κ3) is 2.91. The third-order valence-corrected chi connectivity index (χ3v) is 4.16. The van der Waals surface area contributed by atoms with Crippen LogP contribution in [0.5, 0.6) is 0 Å². The van der Waals surface area contributed by atoms with Crippen molar-refractivity contribution in [2.45, 2.75) is 58.0 Å². The molecule has 0 spiro atoms. The van der Waals surface area contributed by atoms with Crippen LogP contribution in [-0.2, 0) is 0 Å². The highest BCUT2D eigenvalue weighted by Crippen LogP contribution is 2.19. The largest absolute Gasteiger partial charge is 0.349 e. The van der Waals surface area contributed by atoms with Crippen LogP contribution in [0.1, 0.15) is 62.4 Å². The fraction of sp³-hybridized carbons (Fsp3) is 0.562. The number of hydrogen-bond acceptors (Lipinski definition) is 3. The van der Waals surface area contributed by atoms with Crippen LogP contribution in [0.25, 0.3) is 11.0 Å². The van der Waals surface area contributed by atoms with Gasteiger partial charge in [0.15, 0.2) is 0 Å². The molecule has 3 rings (SSSR count). The predicted octanol–water partition coefficient (Wildman–Crippen LogP) is 3.07. The Morgan fingerprint density at radius 2 is 2.05 bits per heavy atom. The van der Waals surface area contributed by atoms with Crippen LogP contribution in [0, 0.1) is 0 Å². The van der Waals surface area contributed by atoms with Crippen molar-refractivity contribution >= 4 is 16.9 Å². The van der Waals surface area contributed by atoms with Crippen LogP contribution < -0.4 is 5.32 Å². The molecule has 2 aromatic rings. The van der Waals surface area contributed by atoms with Gasteiger partial charge in [0.25, 0.3) is 5.91 Å². The van der Waals surface area contributed by atoms with Crippen LogP contribution >= 0.6 is 0 Å². The SMILES string of the molecule is CC(C)n1nnc2cc(C(=O)NC3CCCCC3)ccc21. The van der Waals surface area contributed by atoms with Crippen molar-refractivity contribution in [1.29, 1.82) is 0 Å².